The number of amides is 2. The van der Waals surface area contributed by atoms with Crippen molar-refractivity contribution < 1.29 is 9.90 Å². The lowest BCUT2D eigenvalue weighted by molar-refractivity contribution is 0.0955. The molecule has 2 saturated carbocycles. The molecule has 104 valence electrons. The first-order valence-corrected chi connectivity index (χ1v) is 7.63. The van der Waals surface area contributed by atoms with E-state index in [9.17, 15) is 9.90 Å². The summed E-state index contributed by atoms with van der Waals surface area (Å²) in [7, 11) is 0. The Bertz CT molecular complexity index is 460. The predicted octanol–water partition coefficient (Wildman–Crippen LogP) is 1.84. The van der Waals surface area contributed by atoms with Crippen molar-refractivity contribution in [3.8, 4) is 0 Å². The van der Waals surface area contributed by atoms with E-state index in [1.54, 1.807) is 0 Å². The Labute approximate surface area is 115 Å². The topological polar surface area (TPSA) is 87.1 Å². The standard InChI is InChI=1S/C12H18N4O2S/c17-9-4-2-1-3-8(9)13-11(18)14-12-16-15-10(19-12)7-5-6-7/h7-9,17H,1-6H2,(H2,13,14,16,18). The predicted molar refractivity (Wildman–Crippen MR) is 72.3 cm³/mol. The van der Waals surface area contributed by atoms with Crippen LogP contribution in [0.1, 0.15) is 49.5 Å². The molecule has 2 unspecified atom stereocenters. The lowest BCUT2D eigenvalue weighted by Gasteiger charge is -2.28. The highest BCUT2D eigenvalue weighted by molar-refractivity contribution is 7.15. The minimum atomic E-state index is -0.434. The van der Waals surface area contributed by atoms with E-state index in [4.69, 9.17) is 0 Å². The maximum absolute atomic E-state index is 11.8. The van der Waals surface area contributed by atoms with Crippen LogP contribution in [0.25, 0.3) is 0 Å². The first-order chi connectivity index (χ1) is 9.22. The maximum atomic E-state index is 11.8. The second-order valence-corrected chi connectivity index (χ2v) is 6.29. The summed E-state index contributed by atoms with van der Waals surface area (Å²) in [6, 6.07) is -0.450. The molecule has 1 heterocycles. The molecule has 0 saturated heterocycles. The second kappa shape index (κ2) is 5.42. The van der Waals surface area contributed by atoms with Crippen molar-refractivity contribution in [3.63, 3.8) is 0 Å². The van der Waals surface area contributed by atoms with Gasteiger partial charge in [0.05, 0.1) is 12.1 Å². The number of aliphatic hydroxyl groups is 1. The fourth-order valence-corrected chi connectivity index (χ4v) is 3.27. The fraction of sp³-hybridized carbons (Fsp3) is 0.750. The van der Waals surface area contributed by atoms with Crippen molar-refractivity contribution in [2.75, 3.05) is 5.32 Å². The molecule has 2 atom stereocenters. The lowest BCUT2D eigenvalue weighted by Crippen LogP contribution is -2.46. The number of carbonyl (C=O) groups is 1. The number of hydrogen-bond acceptors (Lipinski definition) is 5. The van der Waals surface area contributed by atoms with E-state index in [1.165, 1.54) is 24.2 Å². The number of rotatable bonds is 3. The van der Waals surface area contributed by atoms with Gasteiger partial charge in [-0.3, -0.25) is 5.32 Å². The molecule has 2 aliphatic rings. The highest BCUT2D eigenvalue weighted by atomic mass is 32.1. The van der Waals surface area contributed by atoms with Crippen molar-refractivity contribution in [2.45, 2.75) is 56.6 Å². The van der Waals surface area contributed by atoms with Gasteiger partial charge in [0.25, 0.3) is 0 Å². The Morgan fingerprint density at radius 1 is 1.21 bits per heavy atom. The maximum Gasteiger partial charge on any atom is 0.321 e. The minimum Gasteiger partial charge on any atom is -0.391 e. The Kier molecular flexibility index (Phi) is 3.65. The van der Waals surface area contributed by atoms with Gasteiger partial charge >= 0.3 is 6.03 Å². The van der Waals surface area contributed by atoms with Crippen molar-refractivity contribution in [2.24, 2.45) is 0 Å². The van der Waals surface area contributed by atoms with E-state index in [1.807, 2.05) is 0 Å². The van der Waals surface area contributed by atoms with Crippen molar-refractivity contribution in [3.05, 3.63) is 5.01 Å². The number of hydrogen-bond donors (Lipinski definition) is 3. The van der Waals surface area contributed by atoms with E-state index >= 15 is 0 Å². The first-order valence-electron chi connectivity index (χ1n) is 6.81. The highest BCUT2D eigenvalue weighted by Gasteiger charge is 2.28. The SMILES string of the molecule is O=C(Nc1nnc(C2CC2)s1)NC1CCCCC1O. The average molecular weight is 282 g/mol. The number of urea groups is 1. The number of aromatic nitrogens is 2. The second-order valence-electron chi connectivity index (χ2n) is 5.28. The number of nitrogens with one attached hydrogen (secondary N) is 2. The largest absolute Gasteiger partial charge is 0.391 e. The van der Waals surface area contributed by atoms with Crippen LogP contribution in [0.5, 0.6) is 0 Å². The van der Waals surface area contributed by atoms with Crippen LogP contribution in [0.3, 0.4) is 0 Å². The van der Waals surface area contributed by atoms with E-state index < -0.39 is 6.10 Å². The Hall–Kier alpha value is -1.21. The van der Waals surface area contributed by atoms with E-state index in [2.05, 4.69) is 20.8 Å². The van der Waals surface area contributed by atoms with Gasteiger partial charge in [-0.15, -0.1) is 10.2 Å². The molecule has 2 amide bonds. The van der Waals surface area contributed by atoms with Crippen LogP contribution in [0.2, 0.25) is 0 Å². The number of anilines is 1. The fourth-order valence-electron chi connectivity index (χ4n) is 2.36. The molecule has 1 aromatic rings. The van der Waals surface area contributed by atoms with Gasteiger partial charge in [-0.25, -0.2) is 4.79 Å². The van der Waals surface area contributed by atoms with Crippen molar-refractivity contribution >= 4 is 22.5 Å². The van der Waals surface area contributed by atoms with Gasteiger partial charge in [-0.2, -0.15) is 0 Å². The van der Waals surface area contributed by atoms with Crippen molar-refractivity contribution in [1.29, 1.82) is 0 Å². The zero-order valence-corrected chi connectivity index (χ0v) is 11.4. The molecule has 0 radical (unpaired) electrons. The van der Waals surface area contributed by atoms with Crippen LogP contribution in [-0.2, 0) is 0 Å². The third-order valence-corrected chi connectivity index (χ3v) is 4.63. The molecule has 0 aliphatic heterocycles. The van der Waals surface area contributed by atoms with Crippen LogP contribution in [0, 0.1) is 0 Å². The number of carbonyl (C=O) groups excluding carboxylic acids is 1. The van der Waals surface area contributed by atoms with Crippen LogP contribution >= 0.6 is 11.3 Å². The van der Waals surface area contributed by atoms with Gasteiger partial charge in [-0.05, 0) is 25.7 Å². The summed E-state index contributed by atoms with van der Waals surface area (Å²) in [4.78, 5) is 11.8. The summed E-state index contributed by atoms with van der Waals surface area (Å²) in [6.45, 7) is 0. The smallest absolute Gasteiger partial charge is 0.321 e. The van der Waals surface area contributed by atoms with Crippen LogP contribution in [0.15, 0.2) is 0 Å². The molecule has 2 aliphatic carbocycles. The number of nitrogens with zero attached hydrogens (tertiary/aromatic N) is 2. The highest BCUT2D eigenvalue weighted by Crippen LogP contribution is 2.42. The molecule has 3 N–H and O–H groups in total. The summed E-state index contributed by atoms with van der Waals surface area (Å²) in [5.74, 6) is 0.552. The molecule has 19 heavy (non-hydrogen) atoms. The van der Waals surface area contributed by atoms with Crippen molar-refractivity contribution in [1.82, 2.24) is 15.5 Å². The third-order valence-electron chi connectivity index (χ3n) is 3.63. The Morgan fingerprint density at radius 3 is 2.74 bits per heavy atom. The van der Waals surface area contributed by atoms with Gasteiger partial charge in [0.1, 0.15) is 5.01 Å². The summed E-state index contributed by atoms with van der Waals surface area (Å²) >= 11 is 1.44. The molecular weight excluding hydrogens is 264 g/mol. The quantitative estimate of drug-likeness (QED) is 0.789. The van der Waals surface area contributed by atoms with E-state index in [0.717, 1.165) is 30.7 Å². The average Bonchev–Trinajstić information content (AvgIpc) is 3.14. The first kappa shape index (κ1) is 12.8. The molecular formula is C12H18N4O2S. The van der Waals surface area contributed by atoms with Gasteiger partial charge < -0.3 is 10.4 Å². The summed E-state index contributed by atoms with van der Waals surface area (Å²) in [5.41, 5.74) is 0. The molecule has 6 nitrogen and oxygen atoms in total. The zero-order chi connectivity index (χ0) is 13.2. The molecule has 1 aromatic heterocycles. The summed E-state index contributed by atoms with van der Waals surface area (Å²) in [5, 5.41) is 24.9. The summed E-state index contributed by atoms with van der Waals surface area (Å²) < 4.78 is 0. The molecule has 0 bridgehead atoms. The Balaban J connectivity index is 1.52. The molecule has 7 heteroatoms. The van der Waals surface area contributed by atoms with Gasteiger partial charge in [0, 0.05) is 5.92 Å². The minimum absolute atomic E-state index is 0.149. The van der Waals surface area contributed by atoms with Gasteiger partial charge in [0.2, 0.25) is 5.13 Å². The number of aliphatic hydroxyl groups excluding tert-OH is 1. The molecule has 0 spiro atoms. The van der Waals surface area contributed by atoms with Crippen LogP contribution < -0.4 is 10.6 Å². The van der Waals surface area contributed by atoms with Crippen LogP contribution in [-0.4, -0.2) is 33.5 Å². The zero-order valence-electron chi connectivity index (χ0n) is 10.6. The van der Waals surface area contributed by atoms with Gasteiger partial charge in [0.15, 0.2) is 0 Å². The monoisotopic (exact) mass is 282 g/mol. The van der Waals surface area contributed by atoms with Gasteiger partial charge in [-0.1, -0.05) is 24.2 Å². The summed E-state index contributed by atoms with van der Waals surface area (Å²) in [6.07, 6.45) is 5.59. The van der Waals surface area contributed by atoms with E-state index in [0.29, 0.717) is 11.0 Å². The lowest BCUT2D eigenvalue weighted by atomic mass is 9.93. The van der Waals surface area contributed by atoms with Crippen LogP contribution in [0.4, 0.5) is 9.93 Å². The molecule has 3 rings (SSSR count). The normalized spacial score (nSPS) is 27.0. The molecule has 0 aromatic carbocycles. The van der Waals surface area contributed by atoms with E-state index in [-0.39, 0.29) is 12.1 Å². The Morgan fingerprint density at radius 2 is 2.00 bits per heavy atom. The third kappa shape index (κ3) is 3.22. The molecule has 2 fully saturated rings.